The molecule has 1 heterocycles. The normalized spacial score (nSPS) is 29.8. The molecule has 0 aliphatic carbocycles. The van der Waals surface area contributed by atoms with Gasteiger partial charge in [-0.25, -0.2) is 0 Å². The molecule has 0 spiro atoms. The highest BCUT2D eigenvalue weighted by molar-refractivity contribution is 5.69. The SMILES string of the molecule is COC(=O)CC1CNCC(C)O1. The summed E-state index contributed by atoms with van der Waals surface area (Å²) in [7, 11) is 1.39. The lowest BCUT2D eigenvalue weighted by atomic mass is 10.2. The number of carbonyl (C=O) groups excluding carboxylic acids is 1. The molecule has 0 radical (unpaired) electrons. The van der Waals surface area contributed by atoms with Crippen LogP contribution in [0.3, 0.4) is 0 Å². The third kappa shape index (κ3) is 2.79. The van der Waals surface area contributed by atoms with E-state index in [0.717, 1.165) is 13.1 Å². The van der Waals surface area contributed by atoms with Crippen LogP contribution >= 0.6 is 0 Å². The molecule has 1 fully saturated rings. The number of hydrogen-bond acceptors (Lipinski definition) is 4. The Balaban J connectivity index is 2.27. The fourth-order valence-corrected chi connectivity index (χ4v) is 1.26. The Morgan fingerprint density at radius 3 is 3.00 bits per heavy atom. The topological polar surface area (TPSA) is 47.6 Å². The summed E-state index contributed by atoms with van der Waals surface area (Å²) in [6.07, 6.45) is 0.503. The largest absolute Gasteiger partial charge is 0.469 e. The smallest absolute Gasteiger partial charge is 0.308 e. The number of morpholine rings is 1. The number of hydrogen-bond donors (Lipinski definition) is 1. The first kappa shape index (κ1) is 9.48. The van der Waals surface area contributed by atoms with E-state index in [1.54, 1.807) is 0 Å². The second-order valence-electron chi connectivity index (χ2n) is 3.01. The Kier molecular flexibility index (Phi) is 3.49. The van der Waals surface area contributed by atoms with Crippen molar-refractivity contribution in [1.29, 1.82) is 0 Å². The first-order valence-electron chi connectivity index (χ1n) is 4.15. The van der Waals surface area contributed by atoms with E-state index in [4.69, 9.17) is 4.74 Å². The van der Waals surface area contributed by atoms with Crippen LogP contribution < -0.4 is 5.32 Å². The van der Waals surface area contributed by atoms with E-state index in [1.807, 2.05) is 6.92 Å². The molecule has 70 valence electrons. The van der Waals surface area contributed by atoms with E-state index in [9.17, 15) is 4.79 Å². The molecule has 1 rings (SSSR count). The Hall–Kier alpha value is -0.610. The number of carbonyl (C=O) groups is 1. The molecule has 1 N–H and O–H groups in total. The molecular formula is C8H15NO3. The van der Waals surface area contributed by atoms with Gasteiger partial charge in [-0.2, -0.15) is 0 Å². The maximum absolute atomic E-state index is 10.9. The lowest BCUT2D eigenvalue weighted by Crippen LogP contribution is -2.44. The number of rotatable bonds is 2. The molecule has 2 unspecified atom stereocenters. The minimum Gasteiger partial charge on any atom is -0.469 e. The van der Waals surface area contributed by atoms with Crippen LogP contribution in [0.4, 0.5) is 0 Å². The number of ether oxygens (including phenoxy) is 2. The van der Waals surface area contributed by atoms with Gasteiger partial charge in [-0.3, -0.25) is 4.79 Å². The summed E-state index contributed by atoms with van der Waals surface area (Å²) in [5, 5.41) is 3.18. The molecule has 0 saturated carbocycles. The molecule has 1 saturated heterocycles. The minimum absolute atomic E-state index is 0.0267. The second kappa shape index (κ2) is 4.42. The van der Waals surface area contributed by atoms with E-state index >= 15 is 0 Å². The van der Waals surface area contributed by atoms with E-state index in [-0.39, 0.29) is 18.2 Å². The van der Waals surface area contributed by atoms with E-state index in [0.29, 0.717) is 6.42 Å². The van der Waals surface area contributed by atoms with Crippen molar-refractivity contribution in [3.05, 3.63) is 0 Å². The zero-order valence-corrected chi connectivity index (χ0v) is 7.50. The monoisotopic (exact) mass is 173 g/mol. The van der Waals surface area contributed by atoms with Crippen LogP contribution in [0.2, 0.25) is 0 Å². The quantitative estimate of drug-likeness (QED) is 0.594. The molecule has 12 heavy (non-hydrogen) atoms. The van der Waals surface area contributed by atoms with Crippen molar-refractivity contribution in [3.63, 3.8) is 0 Å². The van der Waals surface area contributed by atoms with Gasteiger partial charge in [0.1, 0.15) is 0 Å². The van der Waals surface area contributed by atoms with Crippen LogP contribution in [0.25, 0.3) is 0 Å². The van der Waals surface area contributed by atoms with Gasteiger partial charge in [0.2, 0.25) is 0 Å². The van der Waals surface area contributed by atoms with Gasteiger partial charge in [-0.15, -0.1) is 0 Å². The third-order valence-corrected chi connectivity index (χ3v) is 1.85. The lowest BCUT2D eigenvalue weighted by molar-refractivity contribution is -0.145. The predicted octanol–water partition coefficient (Wildman–Crippen LogP) is -0.0736. The van der Waals surface area contributed by atoms with Gasteiger partial charge in [-0.05, 0) is 6.92 Å². The average Bonchev–Trinajstić information content (AvgIpc) is 2.04. The third-order valence-electron chi connectivity index (χ3n) is 1.85. The van der Waals surface area contributed by atoms with Crippen molar-refractivity contribution >= 4 is 5.97 Å². The highest BCUT2D eigenvalue weighted by Gasteiger charge is 2.21. The Labute approximate surface area is 72.2 Å². The van der Waals surface area contributed by atoms with E-state index < -0.39 is 0 Å². The van der Waals surface area contributed by atoms with Crippen LogP contribution in [0, 0.1) is 0 Å². The maximum Gasteiger partial charge on any atom is 0.308 e. The summed E-state index contributed by atoms with van der Waals surface area (Å²) in [6, 6.07) is 0. The first-order chi connectivity index (χ1) is 5.72. The van der Waals surface area contributed by atoms with Gasteiger partial charge in [0.25, 0.3) is 0 Å². The maximum atomic E-state index is 10.9. The van der Waals surface area contributed by atoms with Crippen LogP contribution in [0.15, 0.2) is 0 Å². The molecule has 0 aromatic heterocycles. The van der Waals surface area contributed by atoms with Crippen molar-refractivity contribution in [2.45, 2.75) is 25.6 Å². The molecule has 2 atom stereocenters. The number of esters is 1. The summed E-state index contributed by atoms with van der Waals surface area (Å²) in [5.74, 6) is -0.212. The summed E-state index contributed by atoms with van der Waals surface area (Å²) >= 11 is 0. The molecule has 0 aromatic carbocycles. The van der Waals surface area contributed by atoms with Crippen LogP contribution in [-0.2, 0) is 14.3 Å². The minimum atomic E-state index is -0.212. The van der Waals surface area contributed by atoms with Crippen molar-refractivity contribution in [3.8, 4) is 0 Å². The molecule has 0 amide bonds. The van der Waals surface area contributed by atoms with Crippen molar-refractivity contribution in [2.75, 3.05) is 20.2 Å². The highest BCUT2D eigenvalue weighted by atomic mass is 16.5. The Morgan fingerprint density at radius 1 is 1.67 bits per heavy atom. The fraction of sp³-hybridized carbons (Fsp3) is 0.875. The predicted molar refractivity (Wildman–Crippen MR) is 43.8 cm³/mol. The molecule has 4 heteroatoms. The average molecular weight is 173 g/mol. The lowest BCUT2D eigenvalue weighted by Gasteiger charge is -2.27. The van der Waals surface area contributed by atoms with Gasteiger partial charge in [0.15, 0.2) is 0 Å². The molecular weight excluding hydrogens is 158 g/mol. The highest BCUT2D eigenvalue weighted by Crippen LogP contribution is 2.07. The van der Waals surface area contributed by atoms with Gasteiger partial charge >= 0.3 is 5.97 Å². The van der Waals surface area contributed by atoms with E-state index in [1.165, 1.54) is 7.11 Å². The standard InChI is InChI=1S/C8H15NO3/c1-6-4-9-5-7(12-6)3-8(10)11-2/h6-7,9H,3-5H2,1-2H3. The zero-order chi connectivity index (χ0) is 8.97. The Morgan fingerprint density at radius 2 is 2.42 bits per heavy atom. The number of methoxy groups -OCH3 is 1. The second-order valence-corrected chi connectivity index (χ2v) is 3.01. The van der Waals surface area contributed by atoms with Crippen LogP contribution in [0.5, 0.6) is 0 Å². The first-order valence-corrected chi connectivity index (χ1v) is 4.15. The molecule has 0 bridgehead atoms. The van der Waals surface area contributed by atoms with Gasteiger partial charge in [0.05, 0.1) is 25.7 Å². The summed E-state index contributed by atoms with van der Waals surface area (Å²) < 4.78 is 10.0. The number of nitrogens with one attached hydrogen (secondary N) is 1. The van der Waals surface area contributed by atoms with Crippen LogP contribution in [0.1, 0.15) is 13.3 Å². The van der Waals surface area contributed by atoms with E-state index in [2.05, 4.69) is 10.1 Å². The van der Waals surface area contributed by atoms with Gasteiger partial charge < -0.3 is 14.8 Å². The van der Waals surface area contributed by atoms with Crippen molar-refractivity contribution in [1.82, 2.24) is 5.32 Å². The Bertz CT molecular complexity index is 160. The molecule has 0 aromatic rings. The molecule has 1 aliphatic heterocycles. The molecule has 1 aliphatic rings. The van der Waals surface area contributed by atoms with Gasteiger partial charge in [0, 0.05) is 13.1 Å². The van der Waals surface area contributed by atoms with Crippen LogP contribution in [-0.4, -0.2) is 38.4 Å². The summed E-state index contributed by atoms with van der Waals surface area (Å²) in [4.78, 5) is 10.9. The van der Waals surface area contributed by atoms with Crippen molar-refractivity contribution < 1.29 is 14.3 Å². The van der Waals surface area contributed by atoms with Gasteiger partial charge in [-0.1, -0.05) is 0 Å². The molecule has 4 nitrogen and oxygen atoms in total. The summed E-state index contributed by atoms with van der Waals surface area (Å²) in [5.41, 5.74) is 0. The summed E-state index contributed by atoms with van der Waals surface area (Å²) in [6.45, 7) is 3.58. The zero-order valence-electron chi connectivity index (χ0n) is 7.50. The van der Waals surface area contributed by atoms with Crippen molar-refractivity contribution in [2.24, 2.45) is 0 Å². The fourth-order valence-electron chi connectivity index (χ4n) is 1.26.